The van der Waals surface area contributed by atoms with Gasteiger partial charge in [-0.3, -0.25) is 4.79 Å². The number of rotatable bonds is 9. The largest absolute Gasteiger partial charge is 0.383 e. The number of carbonyl (C=O) groups excluding carboxylic acids is 1. The first kappa shape index (κ1) is 18.9. The fraction of sp³-hybridized carbons (Fsp3) is 0.286. The van der Waals surface area contributed by atoms with Gasteiger partial charge in [-0.25, -0.2) is 4.39 Å². The van der Waals surface area contributed by atoms with Gasteiger partial charge in [0.1, 0.15) is 5.82 Å². The number of aryl methyl sites for hydroxylation is 1. The molecule has 0 aliphatic heterocycles. The van der Waals surface area contributed by atoms with Gasteiger partial charge in [-0.1, -0.05) is 42.5 Å². The van der Waals surface area contributed by atoms with Crippen molar-refractivity contribution in [1.82, 2.24) is 4.90 Å². The molecule has 0 unspecified atom stereocenters. The highest BCUT2D eigenvalue weighted by Gasteiger charge is 2.10. The van der Waals surface area contributed by atoms with Crippen LogP contribution in [0.3, 0.4) is 0 Å². The normalized spacial score (nSPS) is 11.0. The van der Waals surface area contributed by atoms with Crippen molar-refractivity contribution in [2.75, 3.05) is 26.8 Å². The van der Waals surface area contributed by atoms with E-state index in [1.807, 2.05) is 18.2 Å². The highest BCUT2D eigenvalue weighted by Crippen LogP contribution is 2.07. The average molecular weight is 341 g/mol. The number of hydrogen-bond donors (Lipinski definition) is 0. The minimum atomic E-state index is -0.286. The first-order valence-electron chi connectivity index (χ1n) is 8.44. The zero-order valence-electron chi connectivity index (χ0n) is 14.5. The van der Waals surface area contributed by atoms with Gasteiger partial charge in [0.2, 0.25) is 5.91 Å². The Morgan fingerprint density at radius 3 is 2.48 bits per heavy atom. The summed E-state index contributed by atoms with van der Waals surface area (Å²) in [6, 6.07) is 16.3. The van der Waals surface area contributed by atoms with E-state index in [1.165, 1.54) is 23.8 Å². The first-order chi connectivity index (χ1) is 12.2. The third kappa shape index (κ3) is 6.89. The van der Waals surface area contributed by atoms with Crippen LogP contribution in [-0.4, -0.2) is 37.6 Å². The molecule has 0 bridgehead atoms. The molecule has 0 N–H and O–H groups in total. The molecular weight excluding hydrogens is 317 g/mol. The van der Waals surface area contributed by atoms with Crippen LogP contribution < -0.4 is 0 Å². The van der Waals surface area contributed by atoms with E-state index in [0.29, 0.717) is 19.7 Å². The van der Waals surface area contributed by atoms with Gasteiger partial charge in [-0.2, -0.15) is 0 Å². The summed E-state index contributed by atoms with van der Waals surface area (Å²) < 4.78 is 18.0. The minimum absolute atomic E-state index is 0.0607. The molecule has 1 amide bonds. The highest BCUT2D eigenvalue weighted by atomic mass is 19.1. The molecule has 0 saturated carbocycles. The van der Waals surface area contributed by atoms with Crippen molar-refractivity contribution in [3.63, 3.8) is 0 Å². The van der Waals surface area contributed by atoms with Crippen molar-refractivity contribution in [2.45, 2.75) is 12.8 Å². The predicted molar refractivity (Wildman–Crippen MR) is 98.7 cm³/mol. The summed E-state index contributed by atoms with van der Waals surface area (Å²) in [6.45, 7) is 1.73. The topological polar surface area (TPSA) is 29.5 Å². The Kier molecular flexibility index (Phi) is 7.86. The zero-order chi connectivity index (χ0) is 17.9. The van der Waals surface area contributed by atoms with Gasteiger partial charge in [0.25, 0.3) is 0 Å². The fourth-order valence-corrected chi connectivity index (χ4v) is 2.50. The summed E-state index contributed by atoms with van der Waals surface area (Å²) in [5.74, 6) is -0.347. The molecule has 4 heteroatoms. The fourth-order valence-electron chi connectivity index (χ4n) is 2.50. The molecule has 2 aromatic carbocycles. The van der Waals surface area contributed by atoms with E-state index in [2.05, 4.69) is 12.1 Å². The van der Waals surface area contributed by atoms with E-state index in [1.54, 1.807) is 30.2 Å². The molecule has 0 aromatic heterocycles. The van der Waals surface area contributed by atoms with E-state index in [4.69, 9.17) is 4.74 Å². The monoisotopic (exact) mass is 341 g/mol. The number of amides is 1. The smallest absolute Gasteiger partial charge is 0.246 e. The third-order valence-electron chi connectivity index (χ3n) is 3.90. The molecule has 0 fully saturated rings. The number of methoxy groups -OCH3 is 1. The van der Waals surface area contributed by atoms with Crippen molar-refractivity contribution >= 4 is 12.0 Å². The van der Waals surface area contributed by atoms with Crippen LogP contribution in [0.5, 0.6) is 0 Å². The quantitative estimate of drug-likeness (QED) is 0.647. The first-order valence-corrected chi connectivity index (χ1v) is 8.44. The van der Waals surface area contributed by atoms with E-state index >= 15 is 0 Å². The number of hydrogen-bond acceptors (Lipinski definition) is 2. The molecule has 3 nitrogen and oxygen atoms in total. The Hall–Kier alpha value is -2.46. The molecule has 0 radical (unpaired) electrons. The zero-order valence-corrected chi connectivity index (χ0v) is 14.5. The molecule has 2 aromatic rings. The molecule has 0 heterocycles. The maximum absolute atomic E-state index is 12.9. The van der Waals surface area contributed by atoms with Crippen LogP contribution in [0.25, 0.3) is 6.08 Å². The van der Waals surface area contributed by atoms with Gasteiger partial charge in [-0.05, 0) is 42.2 Å². The minimum Gasteiger partial charge on any atom is -0.383 e. The molecule has 2 rings (SSSR count). The van der Waals surface area contributed by atoms with Crippen LogP contribution in [0, 0.1) is 5.82 Å². The van der Waals surface area contributed by atoms with E-state index < -0.39 is 0 Å². The summed E-state index contributed by atoms with van der Waals surface area (Å²) in [5, 5.41) is 0. The Balaban J connectivity index is 1.90. The van der Waals surface area contributed by atoms with Crippen LogP contribution in [-0.2, 0) is 16.0 Å². The highest BCUT2D eigenvalue weighted by molar-refractivity contribution is 5.91. The van der Waals surface area contributed by atoms with E-state index in [0.717, 1.165) is 18.4 Å². The van der Waals surface area contributed by atoms with Crippen molar-refractivity contribution in [3.05, 3.63) is 77.6 Å². The summed E-state index contributed by atoms with van der Waals surface area (Å²) in [7, 11) is 1.63. The standard InChI is InChI=1S/C21H24FNO2/c1-25-17-16-23(15-5-8-18-6-3-2-4-7-18)21(24)14-11-19-9-12-20(22)13-10-19/h2-4,6-7,9-14H,5,8,15-17H2,1H3/b14-11+. The number of nitrogens with zero attached hydrogens (tertiary/aromatic N) is 1. The van der Waals surface area contributed by atoms with E-state index in [9.17, 15) is 9.18 Å². The van der Waals surface area contributed by atoms with Crippen molar-refractivity contribution < 1.29 is 13.9 Å². The maximum atomic E-state index is 12.9. The number of carbonyl (C=O) groups is 1. The van der Waals surface area contributed by atoms with Crippen LogP contribution in [0.2, 0.25) is 0 Å². The Morgan fingerprint density at radius 2 is 1.80 bits per heavy atom. The molecule has 0 spiro atoms. The molecule has 0 saturated heterocycles. The maximum Gasteiger partial charge on any atom is 0.246 e. The Bertz CT molecular complexity index is 668. The van der Waals surface area contributed by atoms with Gasteiger partial charge >= 0.3 is 0 Å². The molecule has 25 heavy (non-hydrogen) atoms. The molecule has 0 aliphatic rings. The lowest BCUT2D eigenvalue weighted by Crippen LogP contribution is -2.33. The second kappa shape index (κ2) is 10.4. The summed E-state index contributed by atoms with van der Waals surface area (Å²) >= 11 is 0. The van der Waals surface area contributed by atoms with Crippen LogP contribution in [0.15, 0.2) is 60.7 Å². The van der Waals surface area contributed by atoms with Gasteiger partial charge in [0.05, 0.1) is 6.61 Å². The summed E-state index contributed by atoms with van der Waals surface area (Å²) in [6.07, 6.45) is 5.06. The molecule has 0 atom stereocenters. The van der Waals surface area contributed by atoms with Gasteiger partial charge in [0, 0.05) is 26.3 Å². The lowest BCUT2D eigenvalue weighted by atomic mass is 10.1. The molecule has 0 aliphatic carbocycles. The Labute approximate surface area is 148 Å². The van der Waals surface area contributed by atoms with E-state index in [-0.39, 0.29) is 11.7 Å². The summed E-state index contributed by atoms with van der Waals surface area (Å²) in [5.41, 5.74) is 2.06. The van der Waals surface area contributed by atoms with Crippen molar-refractivity contribution in [1.29, 1.82) is 0 Å². The number of benzene rings is 2. The molecule has 132 valence electrons. The second-order valence-corrected chi connectivity index (χ2v) is 5.79. The average Bonchev–Trinajstić information content (AvgIpc) is 2.64. The van der Waals surface area contributed by atoms with Crippen LogP contribution in [0.1, 0.15) is 17.5 Å². The van der Waals surface area contributed by atoms with Gasteiger partial charge in [-0.15, -0.1) is 0 Å². The van der Waals surface area contributed by atoms with Crippen molar-refractivity contribution in [3.8, 4) is 0 Å². The van der Waals surface area contributed by atoms with Crippen LogP contribution >= 0.6 is 0 Å². The summed E-state index contributed by atoms with van der Waals surface area (Å²) in [4.78, 5) is 14.2. The lowest BCUT2D eigenvalue weighted by molar-refractivity contribution is -0.126. The predicted octanol–water partition coefficient (Wildman–Crippen LogP) is 3.95. The van der Waals surface area contributed by atoms with Crippen LogP contribution in [0.4, 0.5) is 4.39 Å². The Morgan fingerprint density at radius 1 is 1.08 bits per heavy atom. The van der Waals surface area contributed by atoms with Crippen molar-refractivity contribution in [2.24, 2.45) is 0 Å². The lowest BCUT2D eigenvalue weighted by Gasteiger charge is -2.21. The van der Waals surface area contributed by atoms with Gasteiger partial charge in [0.15, 0.2) is 0 Å². The third-order valence-corrected chi connectivity index (χ3v) is 3.90. The number of halogens is 1. The molecular formula is C21H24FNO2. The SMILES string of the molecule is COCCN(CCCc1ccccc1)C(=O)/C=C/c1ccc(F)cc1. The number of ether oxygens (including phenoxy) is 1. The second-order valence-electron chi connectivity index (χ2n) is 5.79. The van der Waals surface area contributed by atoms with Gasteiger partial charge < -0.3 is 9.64 Å².